The highest BCUT2D eigenvalue weighted by molar-refractivity contribution is 5.37. The number of hydrogen-bond acceptors (Lipinski definition) is 3. The van der Waals surface area contributed by atoms with Crippen molar-refractivity contribution in [2.24, 2.45) is 0 Å². The average molecular weight is 253 g/mol. The standard InChI is InChI=1S/C16H15NO2/c17-11-1-2-16(12-3-7-14(18)8-4-12)13-5-9-15(19)10-6-13/h3-10,16,18-19H,1-2H2. The number of hydrogen-bond donors (Lipinski definition) is 2. The van der Waals surface area contributed by atoms with Crippen molar-refractivity contribution >= 4 is 0 Å². The number of nitrogens with zero attached hydrogens (tertiary/aromatic N) is 1. The summed E-state index contributed by atoms with van der Waals surface area (Å²) in [6.45, 7) is 0. The molecule has 2 aromatic rings. The number of nitriles is 1. The van der Waals surface area contributed by atoms with Crippen molar-refractivity contribution in [3.8, 4) is 17.6 Å². The first-order chi connectivity index (χ1) is 9.20. The second kappa shape index (κ2) is 5.92. The first-order valence-electron chi connectivity index (χ1n) is 6.15. The van der Waals surface area contributed by atoms with Gasteiger partial charge in [-0.1, -0.05) is 24.3 Å². The van der Waals surface area contributed by atoms with Crippen LogP contribution in [-0.4, -0.2) is 10.2 Å². The minimum atomic E-state index is 0.0980. The Morgan fingerprint density at radius 3 is 1.63 bits per heavy atom. The number of phenolic OH excluding ortho intramolecular Hbond substituents is 2. The van der Waals surface area contributed by atoms with E-state index in [1.54, 1.807) is 24.3 Å². The first-order valence-corrected chi connectivity index (χ1v) is 6.15. The SMILES string of the molecule is N#CCCC(c1ccc(O)cc1)c1ccc(O)cc1. The molecular formula is C16H15NO2. The van der Waals surface area contributed by atoms with Crippen molar-refractivity contribution in [3.63, 3.8) is 0 Å². The van der Waals surface area contributed by atoms with Crippen molar-refractivity contribution in [3.05, 3.63) is 59.7 Å². The third kappa shape index (κ3) is 3.26. The highest BCUT2D eigenvalue weighted by Crippen LogP contribution is 2.31. The molecule has 0 unspecified atom stereocenters. The maximum Gasteiger partial charge on any atom is 0.115 e. The van der Waals surface area contributed by atoms with Gasteiger partial charge in [-0.25, -0.2) is 0 Å². The Morgan fingerprint density at radius 2 is 1.26 bits per heavy atom. The fraction of sp³-hybridized carbons (Fsp3) is 0.188. The molecule has 0 aliphatic heterocycles. The summed E-state index contributed by atoms with van der Waals surface area (Å²) in [6.07, 6.45) is 1.18. The van der Waals surface area contributed by atoms with Gasteiger partial charge in [0.1, 0.15) is 11.5 Å². The van der Waals surface area contributed by atoms with Gasteiger partial charge in [0.05, 0.1) is 6.07 Å². The molecule has 19 heavy (non-hydrogen) atoms. The van der Waals surface area contributed by atoms with E-state index < -0.39 is 0 Å². The Bertz CT molecular complexity index is 522. The molecular weight excluding hydrogens is 238 g/mol. The minimum Gasteiger partial charge on any atom is -0.508 e. The predicted octanol–water partition coefficient (Wildman–Crippen LogP) is 3.53. The molecule has 0 aromatic heterocycles. The van der Waals surface area contributed by atoms with Gasteiger partial charge in [0, 0.05) is 12.3 Å². The second-order valence-electron chi connectivity index (χ2n) is 4.43. The lowest BCUT2D eigenvalue weighted by atomic mass is 9.87. The highest BCUT2D eigenvalue weighted by Gasteiger charge is 2.14. The fourth-order valence-electron chi connectivity index (χ4n) is 2.15. The van der Waals surface area contributed by atoms with Gasteiger partial charge in [-0.15, -0.1) is 0 Å². The summed E-state index contributed by atoms with van der Waals surface area (Å²) in [5.74, 6) is 0.558. The lowest BCUT2D eigenvalue weighted by molar-refractivity contribution is 0.475. The van der Waals surface area contributed by atoms with E-state index in [1.165, 1.54) is 0 Å². The molecule has 0 saturated carbocycles. The minimum absolute atomic E-state index is 0.0980. The van der Waals surface area contributed by atoms with E-state index in [0.717, 1.165) is 11.1 Å². The molecule has 0 spiro atoms. The van der Waals surface area contributed by atoms with Crippen LogP contribution >= 0.6 is 0 Å². The number of rotatable bonds is 4. The number of benzene rings is 2. The summed E-state index contributed by atoms with van der Waals surface area (Å²) >= 11 is 0. The molecule has 3 nitrogen and oxygen atoms in total. The van der Waals surface area contributed by atoms with Crippen molar-refractivity contribution < 1.29 is 10.2 Å². The average Bonchev–Trinajstić information content (AvgIpc) is 2.43. The molecule has 0 atom stereocenters. The van der Waals surface area contributed by atoms with E-state index in [2.05, 4.69) is 6.07 Å². The van der Waals surface area contributed by atoms with E-state index in [4.69, 9.17) is 5.26 Å². The largest absolute Gasteiger partial charge is 0.508 e. The predicted molar refractivity (Wildman–Crippen MR) is 72.9 cm³/mol. The van der Waals surface area contributed by atoms with Crippen molar-refractivity contribution in [2.45, 2.75) is 18.8 Å². The fourth-order valence-corrected chi connectivity index (χ4v) is 2.15. The first kappa shape index (κ1) is 13.0. The van der Waals surface area contributed by atoms with Crippen LogP contribution < -0.4 is 0 Å². The molecule has 96 valence electrons. The van der Waals surface area contributed by atoms with Crippen LogP contribution in [-0.2, 0) is 0 Å². The van der Waals surface area contributed by atoms with E-state index in [9.17, 15) is 10.2 Å². The van der Waals surface area contributed by atoms with E-state index in [1.807, 2.05) is 24.3 Å². The van der Waals surface area contributed by atoms with Crippen LogP contribution in [0.2, 0.25) is 0 Å². The van der Waals surface area contributed by atoms with Gasteiger partial charge in [0.15, 0.2) is 0 Å². The third-order valence-electron chi connectivity index (χ3n) is 3.14. The Kier molecular flexibility index (Phi) is 4.04. The molecule has 0 heterocycles. The Morgan fingerprint density at radius 1 is 0.842 bits per heavy atom. The van der Waals surface area contributed by atoms with Crippen LogP contribution in [0.25, 0.3) is 0 Å². The quantitative estimate of drug-likeness (QED) is 0.876. The van der Waals surface area contributed by atoms with Crippen LogP contribution in [0, 0.1) is 11.3 Å². The number of aromatic hydroxyl groups is 2. The van der Waals surface area contributed by atoms with Crippen molar-refractivity contribution in [1.29, 1.82) is 5.26 Å². The van der Waals surface area contributed by atoms with Gasteiger partial charge in [0.25, 0.3) is 0 Å². The number of phenols is 2. The van der Waals surface area contributed by atoms with Gasteiger partial charge in [-0.2, -0.15) is 5.26 Å². The van der Waals surface area contributed by atoms with Crippen LogP contribution in [0.3, 0.4) is 0 Å². The molecule has 2 aromatic carbocycles. The van der Waals surface area contributed by atoms with Gasteiger partial charge in [-0.3, -0.25) is 0 Å². The Hall–Kier alpha value is -2.47. The molecule has 0 amide bonds. The van der Waals surface area contributed by atoms with Gasteiger partial charge in [0.2, 0.25) is 0 Å². The van der Waals surface area contributed by atoms with Gasteiger partial charge < -0.3 is 10.2 Å². The molecule has 3 heteroatoms. The zero-order valence-electron chi connectivity index (χ0n) is 10.5. The molecule has 0 fully saturated rings. The normalized spacial score (nSPS) is 10.3. The molecule has 0 aliphatic rings. The summed E-state index contributed by atoms with van der Waals surface area (Å²) in [5, 5.41) is 27.4. The van der Waals surface area contributed by atoms with E-state index in [0.29, 0.717) is 12.8 Å². The summed E-state index contributed by atoms with van der Waals surface area (Å²) < 4.78 is 0. The summed E-state index contributed by atoms with van der Waals surface area (Å²) in [5.41, 5.74) is 2.11. The summed E-state index contributed by atoms with van der Waals surface area (Å²) in [6, 6.07) is 16.2. The van der Waals surface area contributed by atoms with Crippen LogP contribution in [0.4, 0.5) is 0 Å². The third-order valence-corrected chi connectivity index (χ3v) is 3.14. The van der Waals surface area contributed by atoms with Gasteiger partial charge >= 0.3 is 0 Å². The maximum atomic E-state index is 9.34. The summed E-state index contributed by atoms with van der Waals surface area (Å²) in [7, 11) is 0. The Labute approximate surface area is 112 Å². The maximum absolute atomic E-state index is 9.34. The second-order valence-corrected chi connectivity index (χ2v) is 4.43. The Balaban J connectivity index is 2.32. The summed E-state index contributed by atoms with van der Waals surface area (Å²) in [4.78, 5) is 0. The lowest BCUT2D eigenvalue weighted by Crippen LogP contribution is -2.00. The molecule has 2 N–H and O–H groups in total. The van der Waals surface area contributed by atoms with Crippen LogP contribution in [0.1, 0.15) is 29.9 Å². The van der Waals surface area contributed by atoms with Crippen molar-refractivity contribution in [2.75, 3.05) is 0 Å². The molecule has 0 bridgehead atoms. The zero-order valence-corrected chi connectivity index (χ0v) is 10.5. The monoisotopic (exact) mass is 253 g/mol. The van der Waals surface area contributed by atoms with E-state index >= 15 is 0 Å². The molecule has 0 aliphatic carbocycles. The van der Waals surface area contributed by atoms with Crippen LogP contribution in [0.5, 0.6) is 11.5 Å². The van der Waals surface area contributed by atoms with Crippen molar-refractivity contribution in [1.82, 2.24) is 0 Å². The molecule has 0 saturated heterocycles. The molecule has 2 rings (SSSR count). The molecule has 0 radical (unpaired) electrons. The topological polar surface area (TPSA) is 64.2 Å². The zero-order chi connectivity index (χ0) is 13.7. The van der Waals surface area contributed by atoms with E-state index in [-0.39, 0.29) is 17.4 Å². The highest BCUT2D eigenvalue weighted by atomic mass is 16.3. The smallest absolute Gasteiger partial charge is 0.115 e. The van der Waals surface area contributed by atoms with Crippen LogP contribution in [0.15, 0.2) is 48.5 Å². The lowest BCUT2D eigenvalue weighted by Gasteiger charge is -2.17. The van der Waals surface area contributed by atoms with Gasteiger partial charge in [-0.05, 0) is 41.8 Å².